The third kappa shape index (κ3) is 2.41. The molecule has 2 rings (SSSR count). The van der Waals surface area contributed by atoms with Crippen LogP contribution in [0.3, 0.4) is 0 Å². The number of rotatable bonds is 4. The zero-order valence-electron chi connectivity index (χ0n) is 11.6. The molecule has 0 spiro atoms. The van der Waals surface area contributed by atoms with Crippen molar-refractivity contribution >= 4 is 5.91 Å². The quantitative estimate of drug-likeness (QED) is 0.829. The number of likely N-dealkylation sites (tertiary alicyclic amines) is 1. The highest BCUT2D eigenvalue weighted by molar-refractivity contribution is 5.84. The van der Waals surface area contributed by atoms with Gasteiger partial charge in [0.15, 0.2) is 0 Å². The maximum absolute atomic E-state index is 12.6. The van der Waals surface area contributed by atoms with E-state index in [1.165, 1.54) is 0 Å². The number of ether oxygens (including phenoxy) is 1. The molecule has 1 atom stereocenters. The number of amides is 1. The average molecular weight is 255 g/mol. The molecule has 1 N–H and O–H groups in total. The van der Waals surface area contributed by atoms with Crippen LogP contribution in [0.1, 0.15) is 45.4 Å². The van der Waals surface area contributed by atoms with Crippen molar-refractivity contribution in [3.8, 4) is 0 Å². The molecule has 1 aliphatic carbocycles. The highest BCUT2D eigenvalue weighted by Gasteiger charge is 2.48. The fraction of sp³-hybridized carbons (Fsp3) is 0.929. The lowest BCUT2D eigenvalue weighted by Gasteiger charge is -2.46. The van der Waals surface area contributed by atoms with E-state index in [0.29, 0.717) is 19.6 Å². The Labute approximate surface area is 109 Å². The van der Waals surface area contributed by atoms with Gasteiger partial charge in [-0.15, -0.1) is 0 Å². The lowest BCUT2D eigenvalue weighted by Crippen LogP contribution is -2.57. The van der Waals surface area contributed by atoms with Gasteiger partial charge in [0.05, 0.1) is 17.6 Å². The van der Waals surface area contributed by atoms with Crippen LogP contribution in [0.15, 0.2) is 0 Å². The molecule has 0 aromatic carbocycles. The summed E-state index contributed by atoms with van der Waals surface area (Å²) in [5, 5.41) is 10.4. The molecule has 1 unspecified atom stereocenters. The van der Waals surface area contributed by atoms with Crippen molar-refractivity contribution in [2.75, 3.05) is 26.8 Å². The number of hydrogen-bond donors (Lipinski definition) is 1. The van der Waals surface area contributed by atoms with Crippen molar-refractivity contribution in [2.45, 2.75) is 51.0 Å². The number of aliphatic hydroxyl groups is 1. The molecule has 18 heavy (non-hydrogen) atoms. The third-order valence-corrected chi connectivity index (χ3v) is 4.69. The van der Waals surface area contributed by atoms with E-state index in [0.717, 1.165) is 38.6 Å². The van der Waals surface area contributed by atoms with Crippen LogP contribution in [0.5, 0.6) is 0 Å². The highest BCUT2D eigenvalue weighted by Crippen LogP contribution is 2.43. The van der Waals surface area contributed by atoms with E-state index in [1.54, 1.807) is 7.11 Å². The first kappa shape index (κ1) is 13.8. The molecule has 1 amide bonds. The Kier molecular flexibility index (Phi) is 3.97. The van der Waals surface area contributed by atoms with Crippen LogP contribution in [-0.2, 0) is 9.53 Å². The molecular weight excluding hydrogens is 230 g/mol. The Bertz CT molecular complexity index is 314. The summed E-state index contributed by atoms with van der Waals surface area (Å²) in [6.45, 7) is 3.79. The van der Waals surface area contributed by atoms with Gasteiger partial charge in [0.25, 0.3) is 0 Å². The number of nitrogens with zero attached hydrogens (tertiary/aromatic N) is 1. The van der Waals surface area contributed by atoms with Crippen molar-refractivity contribution in [1.29, 1.82) is 0 Å². The molecule has 2 fully saturated rings. The fourth-order valence-electron chi connectivity index (χ4n) is 3.21. The van der Waals surface area contributed by atoms with Crippen LogP contribution >= 0.6 is 0 Å². The minimum Gasteiger partial charge on any atom is -0.388 e. The van der Waals surface area contributed by atoms with Crippen LogP contribution < -0.4 is 0 Å². The molecule has 0 aromatic rings. The summed E-state index contributed by atoms with van der Waals surface area (Å²) in [5.41, 5.74) is -0.966. The molecule has 1 saturated carbocycles. The molecule has 4 heteroatoms. The molecule has 1 saturated heterocycles. The number of carbonyl (C=O) groups is 1. The number of β-amino-alcohol motifs (C(OH)–C–C–N with tert-alkyl or cyclic N) is 1. The minimum atomic E-state index is -0.675. The van der Waals surface area contributed by atoms with Crippen LogP contribution in [0.2, 0.25) is 0 Å². The molecule has 0 aromatic heterocycles. The van der Waals surface area contributed by atoms with Crippen LogP contribution in [0.25, 0.3) is 0 Å². The second-order valence-corrected chi connectivity index (χ2v) is 5.98. The van der Waals surface area contributed by atoms with Gasteiger partial charge in [-0.2, -0.15) is 0 Å². The molecule has 4 nitrogen and oxygen atoms in total. The molecular formula is C14H25NO3. The van der Waals surface area contributed by atoms with Crippen LogP contribution in [0.4, 0.5) is 0 Å². The molecule has 0 radical (unpaired) electrons. The van der Waals surface area contributed by atoms with Crippen molar-refractivity contribution < 1.29 is 14.6 Å². The van der Waals surface area contributed by atoms with Gasteiger partial charge in [0, 0.05) is 20.2 Å². The molecule has 2 aliphatic rings. The molecule has 1 aliphatic heterocycles. The standard InChI is InChI=1S/C14H25NO3/c1-3-14(17)8-5-9-15(10-14)12(16)13(11-18-2)6-4-7-13/h17H,3-11H2,1-2H3. The first-order valence-corrected chi connectivity index (χ1v) is 7.06. The summed E-state index contributed by atoms with van der Waals surface area (Å²) in [7, 11) is 1.66. The number of piperidine rings is 1. The SMILES string of the molecule is CCC1(O)CCCN(C(=O)C2(COC)CCC2)C1. The van der Waals surface area contributed by atoms with E-state index in [9.17, 15) is 9.90 Å². The second kappa shape index (κ2) is 5.17. The van der Waals surface area contributed by atoms with Crippen LogP contribution in [0, 0.1) is 5.41 Å². The van der Waals surface area contributed by atoms with Crippen molar-refractivity contribution in [1.82, 2.24) is 4.90 Å². The van der Waals surface area contributed by atoms with Gasteiger partial charge in [-0.25, -0.2) is 0 Å². The Morgan fingerprint density at radius 3 is 2.56 bits per heavy atom. The van der Waals surface area contributed by atoms with E-state index >= 15 is 0 Å². The number of carbonyl (C=O) groups excluding carboxylic acids is 1. The van der Waals surface area contributed by atoms with Gasteiger partial charge in [-0.1, -0.05) is 13.3 Å². The van der Waals surface area contributed by atoms with Gasteiger partial charge in [-0.3, -0.25) is 4.79 Å². The van der Waals surface area contributed by atoms with E-state index < -0.39 is 5.60 Å². The van der Waals surface area contributed by atoms with Gasteiger partial charge in [0.1, 0.15) is 0 Å². The first-order chi connectivity index (χ1) is 8.55. The van der Waals surface area contributed by atoms with Crippen molar-refractivity contribution in [3.63, 3.8) is 0 Å². The Hall–Kier alpha value is -0.610. The maximum atomic E-state index is 12.6. The van der Waals surface area contributed by atoms with Crippen LogP contribution in [-0.4, -0.2) is 48.3 Å². The minimum absolute atomic E-state index is 0.196. The average Bonchev–Trinajstić information content (AvgIpc) is 2.33. The smallest absolute Gasteiger partial charge is 0.231 e. The monoisotopic (exact) mass is 255 g/mol. The van der Waals surface area contributed by atoms with Crippen molar-refractivity contribution in [3.05, 3.63) is 0 Å². The van der Waals surface area contributed by atoms with E-state index in [4.69, 9.17) is 4.74 Å². The van der Waals surface area contributed by atoms with Crippen molar-refractivity contribution in [2.24, 2.45) is 5.41 Å². The molecule has 1 heterocycles. The third-order valence-electron chi connectivity index (χ3n) is 4.69. The first-order valence-electron chi connectivity index (χ1n) is 7.06. The second-order valence-electron chi connectivity index (χ2n) is 5.98. The summed E-state index contributed by atoms with van der Waals surface area (Å²) >= 11 is 0. The topological polar surface area (TPSA) is 49.8 Å². The van der Waals surface area contributed by atoms with E-state index in [1.807, 2.05) is 11.8 Å². The van der Waals surface area contributed by atoms with Gasteiger partial charge in [-0.05, 0) is 32.1 Å². The Morgan fingerprint density at radius 1 is 1.33 bits per heavy atom. The molecule has 0 bridgehead atoms. The van der Waals surface area contributed by atoms with E-state index in [2.05, 4.69) is 0 Å². The summed E-state index contributed by atoms with van der Waals surface area (Å²) in [6, 6.07) is 0. The Balaban J connectivity index is 2.04. The maximum Gasteiger partial charge on any atom is 0.231 e. The fourth-order valence-corrected chi connectivity index (χ4v) is 3.21. The summed E-state index contributed by atoms with van der Waals surface area (Å²) < 4.78 is 5.23. The predicted molar refractivity (Wildman–Crippen MR) is 69.2 cm³/mol. The predicted octanol–water partition coefficient (Wildman–Crippen LogP) is 1.57. The summed E-state index contributed by atoms with van der Waals surface area (Å²) in [6.07, 6.45) is 5.40. The Morgan fingerprint density at radius 2 is 2.06 bits per heavy atom. The number of methoxy groups -OCH3 is 1. The molecule has 104 valence electrons. The lowest BCUT2D eigenvalue weighted by atomic mass is 9.68. The van der Waals surface area contributed by atoms with E-state index in [-0.39, 0.29) is 11.3 Å². The van der Waals surface area contributed by atoms with Gasteiger partial charge < -0.3 is 14.7 Å². The normalized spacial score (nSPS) is 30.9. The largest absolute Gasteiger partial charge is 0.388 e. The zero-order valence-corrected chi connectivity index (χ0v) is 11.6. The summed E-state index contributed by atoms with van der Waals surface area (Å²) in [5.74, 6) is 0.196. The van der Waals surface area contributed by atoms with Gasteiger partial charge >= 0.3 is 0 Å². The summed E-state index contributed by atoms with van der Waals surface area (Å²) in [4.78, 5) is 14.5. The zero-order chi connectivity index (χ0) is 13.2. The lowest BCUT2D eigenvalue weighted by molar-refractivity contribution is -0.159. The number of hydrogen-bond acceptors (Lipinski definition) is 3. The highest BCUT2D eigenvalue weighted by atomic mass is 16.5. The van der Waals surface area contributed by atoms with Gasteiger partial charge in [0.2, 0.25) is 5.91 Å².